The molecule has 3 aliphatic heterocycles. The third-order valence-electron chi connectivity index (χ3n) is 10.2. The van der Waals surface area contributed by atoms with E-state index < -0.39 is 65.4 Å². The lowest BCUT2D eigenvalue weighted by Crippen LogP contribution is -2.52. The van der Waals surface area contributed by atoms with Crippen molar-refractivity contribution in [1.29, 1.82) is 0 Å². The predicted octanol–water partition coefficient (Wildman–Crippen LogP) is 4.06. The van der Waals surface area contributed by atoms with Crippen molar-refractivity contribution in [1.82, 2.24) is 44.4 Å². The lowest BCUT2D eigenvalue weighted by molar-refractivity contribution is -0.197. The Morgan fingerprint density at radius 2 is 1.17 bits per heavy atom. The van der Waals surface area contributed by atoms with Crippen molar-refractivity contribution in [3.8, 4) is 0 Å². The number of nitrogens with zero attached hydrogens (tertiary/aromatic N) is 8. The van der Waals surface area contributed by atoms with Crippen LogP contribution in [-0.2, 0) is 38.0 Å². The summed E-state index contributed by atoms with van der Waals surface area (Å²) >= 11 is 0. The van der Waals surface area contributed by atoms with Gasteiger partial charge in [-0.25, -0.2) is 29.3 Å². The van der Waals surface area contributed by atoms with Crippen LogP contribution in [0, 0.1) is 0 Å². The van der Waals surface area contributed by atoms with Crippen molar-refractivity contribution < 1.29 is 52.4 Å². The second-order valence-corrected chi connectivity index (χ2v) is 19.5. The van der Waals surface area contributed by atoms with Gasteiger partial charge in [0.2, 0.25) is 5.91 Å². The first-order chi connectivity index (χ1) is 29.3. The summed E-state index contributed by atoms with van der Waals surface area (Å²) in [5.41, 5.74) is 4.52. The van der Waals surface area contributed by atoms with Crippen molar-refractivity contribution in [3.05, 3.63) is 12.7 Å². The standard InChI is InChI=1S/C42H68N10O11/c1-39(2,3)61-36(55)49-19-17-48(18-20-50(37(56)62-40(4,5)6)22-24-51(23-21-49)38(57)63-41(7,8)9)27(53)15-13-12-14-16-44-34(54)30-29-31(60-42(10,11)59-29)35(58-30)52-26-47-28-32(43)45-25-46-33(28)52/h25-26,29-31,35H,12-24H2,1-11H3,(H,44,54)(H2,43,45,46)/t29-,30+,31-,35-/m1/s1. The van der Waals surface area contributed by atoms with Crippen molar-refractivity contribution in [3.63, 3.8) is 0 Å². The van der Waals surface area contributed by atoms with Crippen LogP contribution in [0.3, 0.4) is 0 Å². The maximum Gasteiger partial charge on any atom is 0.410 e. The smallest absolute Gasteiger partial charge is 0.410 e. The summed E-state index contributed by atoms with van der Waals surface area (Å²) in [6.45, 7) is 20.8. The molecule has 3 N–H and O–H groups in total. The van der Waals surface area contributed by atoms with Crippen LogP contribution in [0.1, 0.15) is 108 Å². The number of nitrogens with one attached hydrogen (secondary N) is 1. The molecule has 2 aromatic rings. The van der Waals surface area contributed by atoms with Crippen LogP contribution in [0.4, 0.5) is 20.2 Å². The van der Waals surface area contributed by atoms with Crippen LogP contribution in [0.2, 0.25) is 0 Å². The SMILES string of the molecule is CC(C)(C)OC(=O)N1CCN(C(=O)CCCCCNC(=O)[C@H]2O[C@@H](n3cnc4c(N)ncnc43)[C@@H]3OC(C)(C)O[C@@H]32)CCN(C(=O)OC(C)(C)C)CCN(C(=O)OC(C)(C)C)CC1. The molecule has 5 rings (SSSR count). The molecule has 21 nitrogen and oxygen atoms in total. The van der Waals surface area contributed by atoms with Crippen LogP contribution in [0.25, 0.3) is 11.2 Å². The first-order valence-electron chi connectivity index (χ1n) is 21.7. The number of fused-ring (bicyclic) bond motifs is 2. The van der Waals surface area contributed by atoms with Gasteiger partial charge in [-0.15, -0.1) is 0 Å². The number of unbranched alkanes of at least 4 members (excludes halogenated alkanes) is 2. The molecular formula is C42H68N10O11. The van der Waals surface area contributed by atoms with Gasteiger partial charge in [0.05, 0.1) is 6.33 Å². The number of ether oxygens (including phenoxy) is 6. The summed E-state index contributed by atoms with van der Waals surface area (Å²) in [7, 11) is 0. The van der Waals surface area contributed by atoms with Crippen LogP contribution < -0.4 is 11.1 Å². The quantitative estimate of drug-likeness (QED) is 0.281. The van der Waals surface area contributed by atoms with E-state index >= 15 is 0 Å². The van der Waals surface area contributed by atoms with Crippen molar-refractivity contribution in [2.24, 2.45) is 0 Å². The second-order valence-electron chi connectivity index (χ2n) is 19.5. The van der Waals surface area contributed by atoms with E-state index in [1.165, 1.54) is 27.4 Å². The lowest BCUT2D eigenvalue weighted by Gasteiger charge is -2.36. The van der Waals surface area contributed by atoms with E-state index in [-0.39, 0.29) is 76.4 Å². The Bertz CT molecular complexity index is 1890. The molecule has 0 aliphatic carbocycles. The van der Waals surface area contributed by atoms with Gasteiger partial charge in [-0.2, -0.15) is 0 Å². The van der Waals surface area contributed by atoms with E-state index in [0.717, 1.165) is 0 Å². The van der Waals surface area contributed by atoms with E-state index in [0.29, 0.717) is 37.0 Å². The number of rotatable bonds is 8. The van der Waals surface area contributed by atoms with Crippen molar-refractivity contribution in [2.75, 3.05) is 64.6 Å². The highest BCUT2D eigenvalue weighted by molar-refractivity contribution is 5.83. The summed E-state index contributed by atoms with van der Waals surface area (Å²) in [6.07, 6.45) is 0.00975. The minimum absolute atomic E-state index is 0.0982. The van der Waals surface area contributed by atoms with Gasteiger partial charge < -0.3 is 59.1 Å². The third-order valence-corrected chi connectivity index (χ3v) is 10.2. The molecule has 0 radical (unpaired) electrons. The van der Waals surface area contributed by atoms with Crippen LogP contribution in [0.15, 0.2) is 12.7 Å². The molecule has 0 spiro atoms. The molecule has 0 unspecified atom stereocenters. The molecule has 3 aliphatic rings. The molecule has 21 heteroatoms. The zero-order valence-corrected chi connectivity index (χ0v) is 38.8. The highest BCUT2D eigenvalue weighted by Crippen LogP contribution is 2.44. The van der Waals surface area contributed by atoms with Gasteiger partial charge >= 0.3 is 18.3 Å². The van der Waals surface area contributed by atoms with Gasteiger partial charge in [-0.1, -0.05) is 6.42 Å². The zero-order valence-electron chi connectivity index (χ0n) is 38.8. The van der Waals surface area contributed by atoms with E-state index in [9.17, 15) is 24.0 Å². The van der Waals surface area contributed by atoms with Crippen LogP contribution >= 0.6 is 0 Å². The van der Waals surface area contributed by atoms with Crippen molar-refractivity contribution in [2.45, 2.75) is 149 Å². The number of carbonyl (C=O) groups excluding carboxylic acids is 5. The van der Waals surface area contributed by atoms with Gasteiger partial charge in [0.25, 0.3) is 5.91 Å². The van der Waals surface area contributed by atoms with Gasteiger partial charge in [0.1, 0.15) is 40.9 Å². The lowest BCUT2D eigenvalue weighted by atomic mass is 10.1. The molecule has 352 valence electrons. The molecule has 63 heavy (non-hydrogen) atoms. The number of anilines is 1. The first kappa shape index (κ1) is 49.0. The fourth-order valence-electron chi connectivity index (χ4n) is 7.31. The van der Waals surface area contributed by atoms with E-state index in [2.05, 4.69) is 20.3 Å². The van der Waals surface area contributed by atoms with Gasteiger partial charge in [-0.05, 0) is 89.0 Å². The van der Waals surface area contributed by atoms with E-state index in [1.54, 1.807) is 85.6 Å². The summed E-state index contributed by atoms with van der Waals surface area (Å²) in [5.74, 6) is -1.26. The Morgan fingerprint density at radius 1 is 0.698 bits per heavy atom. The maximum absolute atomic E-state index is 13.9. The average molecular weight is 889 g/mol. The number of hydrogen-bond acceptors (Lipinski definition) is 15. The topological polar surface area (TPSA) is 235 Å². The molecule has 0 aromatic carbocycles. The normalized spacial score (nSPS) is 22.5. The monoisotopic (exact) mass is 889 g/mol. The van der Waals surface area contributed by atoms with Gasteiger partial charge in [0, 0.05) is 65.3 Å². The summed E-state index contributed by atoms with van der Waals surface area (Å²) < 4.78 is 37.3. The fraction of sp³-hybridized carbons (Fsp3) is 0.762. The molecule has 0 saturated carbocycles. The van der Waals surface area contributed by atoms with Crippen LogP contribution in [-0.4, -0.2) is 169 Å². The number of amides is 5. The summed E-state index contributed by atoms with van der Waals surface area (Å²) in [4.78, 5) is 86.4. The summed E-state index contributed by atoms with van der Waals surface area (Å²) in [5, 5.41) is 2.95. The minimum atomic E-state index is -0.977. The number of hydrogen-bond donors (Lipinski definition) is 2. The van der Waals surface area contributed by atoms with Crippen LogP contribution in [0.5, 0.6) is 0 Å². The molecule has 5 amide bonds. The maximum atomic E-state index is 13.9. The molecular weight excluding hydrogens is 821 g/mol. The Kier molecular flexibility index (Phi) is 15.4. The number of carbonyl (C=O) groups is 5. The summed E-state index contributed by atoms with van der Waals surface area (Å²) in [6, 6.07) is 0. The Morgan fingerprint density at radius 3 is 1.67 bits per heavy atom. The van der Waals surface area contributed by atoms with E-state index in [4.69, 9.17) is 34.2 Å². The predicted molar refractivity (Wildman–Crippen MR) is 229 cm³/mol. The molecule has 5 heterocycles. The number of imidazole rings is 1. The minimum Gasteiger partial charge on any atom is -0.444 e. The third kappa shape index (κ3) is 13.7. The Balaban J connectivity index is 1.19. The Labute approximate surface area is 369 Å². The highest BCUT2D eigenvalue weighted by atomic mass is 16.8. The average Bonchev–Trinajstić information content (AvgIpc) is 3.81. The first-order valence-corrected chi connectivity index (χ1v) is 21.7. The van der Waals surface area contributed by atoms with Gasteiger partial charge in [-0.3, -0.25) is 14.2 Å². The fourth-order valence-corrected chi connectivity index (χ4v) is 7.31. The number of aromatic nitrogens is 4. The van der Waals surface area contributed by atoms with Gasteiger partial charge in [0.15, 0.2) is 29.6 Å². The molecule has 2 aromatic heterocycles. The molecule has 4 atom stereocenters. The second kappa shape index (κ2) is 19.8. The van der Waals surface area contributed by atoms with Crippen molar-refractivity contribution >= 4 is 47.1 Å². The molecule has 3 saturated heterocycles. The molecule has 3 fully saturated rings. The Hall–Kier alpha value is -5.02. The molecule has 0 bridgehead atoms. The number of nitrogen functional groups attached to an aromatic ring is 1. The highest BCUT2D eigenvalue weighted by Gasteiger charge is 2.58. The van der Waals surface area contributed by atoms with E-state index in [1.807, 2.05) is 0 Å². The zero-order chi connectivity index (χ0) is 46.5. The number of nitrogens with two attached hydrogens (primary N) is 1. The largest absolute Gasteiger partial charge is 0.444 e.